The van der Waals surface area contributed by atoms with Crippen LogP contribution in [0.2, 0.25) is 5.02 Å². The highest BCUT2D eigenvalue weighted by Crippen LogP contribution is 2.41. The van der Waals surface area contributed by atoms with Gasteiger partial charge in [0.15, 0.2) is 11.5 Å². The van der Waals surface area contributed by atoms with E-state index < -0.39 is 0 Å². The van der Waals surface area contributed by atoms with Crippen LogP contribution >= 0.6 is 11.6 Å². The van der Waals surface area contributed by atoms with E-state index in [1.54, 1.807) is 57.7 Å². The van der Waals surface area contributed by atoms with Crippen LogP contribution in [0.15, 0.2) is 40.9 Å². The SMILES string of the molecule is COc1cc(-c2noc(C3CCCN(C(=O)c4ccc(Cl)cc4)C3)n2)cc(OC)c1OC. The maximum atomic E-state index is 12.9. The molecule has 3 aromatic rings. The number of hydrogen-bond donors (Lipinski definition) is 0. The molecule has 0 radical (unpaired) electrons. The summed E-state index contributed by atoms with van der Waals surface area (Å²) in [6.07, 6.45) is 1.72. The van der Waals surface area contributed by atoms with E-state index in [-0.39, 0.29) is 11.8 Å². The Morgan fingerprint density at radius 1 is 1.09 bits per heavy atom. The number of amides is 1. The van der Waals surface area contributed by atoms with E-state index >= 15 is 0 Å². The van der Waals surface area contributed by atoms with Gasteiger partial charge in [-0.1, -0.05) is 16.8 Å². The molecular weight excluding hydrogens is 434 g/mol. The minimum absolute atomic E-state index is 0.0317. The quantitative estimate of drug-likeness (QED) is 0.540. The van der Waals surface area contributed by atoms with E-state index in [0.717, 1.165) is 12.8 Å². The third-order valence-electron chi connectivity index (χ3n) is 5.51. The Kier molecular flexibility index (Phi) is 6.50. The molecular formula is C23H24ClN3O5. The smallest absolute Gasteiger partial charge is 0.253 e. The number of methoxy groups -OCH3 is 3. The average molecular weight is 458 g/mol. The van der Waals surface area contributed by atoms with Crippen molar-refractivity contribution in [2.24, 2.45) is 0 Å². The van der Waals surface area contributed by atoms with Crippen LogP contribution in [0.4, 0.5) is 0 Å². The van der Waals surface area contributed by atoms with Crippen LogP contribution < -0.4 is 14.2 Å². The molecule has 0 saturated carbocycles. The topological polar surface area (TPSA) is 86.9 Å². The largest absolute Gasteiger partial charge is 0.493 e. The van der Waals surface area contributed by atoms with Crippen molar-refractivity contribution in [2.75, 3.05) is 34.4 Å². The normalized spacial score (nSPS) is 16.0. The number of rotatable bonds is 6. The Balaban J connectivity index is 1.54. The van der Waals surface area contributed by atoms with Gasteiger partial charge in [-0.3, -0.25) is 4.79 Å². The summed E-state index contributed by atoms with van der Waals surface area (Å²) < 4.78 is 21.8. The van der Waals surface area contributed by atoms with Crippen LogP contribution in [-0.4, -0.2) is 55.4 Å². The first-order chi connectivity index (χ1) is 15.5. The minimum atomic E-state index is -0.0386. The van der Waals surface area contributed by atoms with Crippen LogP contribution in [0.25, 0.3) is 11.4 Å². The van der Waals surface area contributed by atoms with Gasteiger partial charge < -0.3 is 23.6 Å². The number of nitrogens with zero attached hydrogens (tertiary/aromatic N) is 3. The number of carbonyl (C=O) groups is 1. The fraction of sp³-hybridized carbons (Fsp3) is 0.348. The van der Waals surface area contributed by atoms with Gasteiger partial charge in [-0.25, -0.2) is 0 Å². The standard InChI is InChI=1S/C23H24ClN3O5/c1-29-18-11-16(12-19(30-2)20(18)31-3)21-25-22(32-26-21)15-5-4-10-27(13-15)23(28)14-6-8-17(24)9-7-14/h6-9,11-12,15H,4-5,10,13H2,1-3H3. The Labute approximate surface area is 191 Å². The van der Waals surface area contributed by atoms with Crippen molar-refractivity contribution < 1.29 is 23.5 Å². The summed E-state index contributed by atoms with van der Waals surface area (Å²) in [6.45, 7) is 1.20. The third kappa shape index (κ3) is 4.36. The molecule has 1 aromatic heterocycles. The zero-order valence-corrected chi connectivity index (χ0v) is 18.9. The lowest BCUT2D eigenvalue weighted by atomic mass is 9.97. The Morgan fingerprint density at radius 2 is 1.78 bits per heavy atom. The number of likely N-dealkylation sites (tertiary alicyclic amines) is 1. The number of halogens is 1. The van der Waals surface area contributed by atoms with Gasteiger partial charge in [-0.2, -0.15) is 4.98 Å². The van der Waals surface area contributed by atoms with Crippen LogP contribution in [0.1, 0.15) is 35.0 Å². The molecule has 1 saturated heterocycles. The first-order valence-electron chi connectivity index (χ1n) is 10.2. The molecule has 4 rings (SSSR count). The molecule has 32 heavy (non-hydrogen) atoms. The molecule has 1 aliphatic heterocycles. The minimum Gasteiger partial charge on any atom is -0.493 e. The molecule has 0 aliphatic carbocycles. The van der Waals surface area contributed by atoms with Crippen molar-refractivity contribution in [3.05, 3.63) is 52.9 Å². The van der Waals surface area contributed by atoms with Gasteiger partial charge in [-0.05, 0) is 49.2 Å². The maximum Gasteiger partial charge on any atom is 0.253 e. The second kappa shape index (κ2) is 9.48. The molecule has 0 N–H and O–H groups in total. The van der Waals surface area contributed by atoms with E-state index in [0.29, 0.717) is 58.2 Å². The summed E-state index contributed by atoms with van der Waals surface area (Å²) in [5.41, 5.74) is 1.29. The highest BCUT2D eigenvalue weighted by atomic mass is 35.5. The molecule has 9 heteroatoms. The number of benzene rings is 2. The van der Waals surface area contributed by atoms with Crippen molar-refractivity contribution in [3.63, 3.8) is 0 Å². The highest BCUT2D eigenvalue weighted by Gasteiger charge is 2.29. The lowest BCUT2D eigenvalue weighted by Gasteiger charge is -2.31. The number of carbonyl (C=O) groups excluding carboxylic acids is 1. The third-order valence-corrected chi connectivity index (χ3v) is 5.77. The molecule has 1 unspecified atom stereocenters. The highest BCUT2D eigenvalue weighted by molar-refractivity contribution is 6.30. The lowest BCUT2D eigenvalue weighted by Crippen LogP contribution is -2.39. The van der Waals surface area contributed by atoms with E-state index in [4.69, 9.17) is 30.3 Å². The zero-order chi connectivity index (χ0) is 22.7. The number of piperidine rings is 1. The van der Waals surface area contributed by atoms with Crippen molar-refractivity contribution in [3.8, 4) is 28.6 Å². The van der Waals surface area contributed by atoms with Crippen LogP contribution in [0.5, 0.6) is 17.2 Å². The monoisotopic (exact) mass is 457 g/mol. The van der Waals surface area contributed by atoms with E-state index in [2.05, 4.69) is 10.1 Å². The van der Waals surface area contributed by atoms with Gasteiger partial charge in [-0.15, -0.1) is 0 Å². The molecule has 8 nitrogen and oxygen atoms in total. The summed E-state index contributed by atoms with van der Waals surface area (Å²) in [5.74, 6) is 2.35. The number of aromatic nitrogens is 2. The van der Waals surface area contributed by atoms with E-state index in [9.17, 15) is 4.79 Å². The van der Waals surface area contributed by atoms with Crippen LogP contribution in [-0.2, 0) is 0 Å². The molecule has 2 heterocycles. The second-order valence-electron chi connectivity index (χ2n) is 7.47. The molecule has 1 fully saturated rings. The second-order valence-corrected chi connectivity index (χ2v) is 7.90. The molecule has 2 aromatic carbocycles. The molecule has 0 bridgehead atoms. The number of hydrogen-bond acceptors (Lipinski definition) is 7. The van der Waals surface area contributed by atoms with Gasteiger partial charge in [0.05, 0.1) is 27.2 Å². The maximum absolute atomic E-state index is 12.9. The summed E-state index contributed by atoms with van der Waals surface area (Å²) in [5, 5.41) is 4.75. The summed E-state index contributed by atoms with van der Waals surface area (Å²) >= 11 is 5.94. The zero-order valence-electron chi connectivity index (χ0n) is 18.1. The molecule has 168 valence electrons. The van der Waals surface area contributed by atoms with Crippen molar-refractivity contribution in [1.82, 2.24) is 15.0 Å². The fourth-order valence-electron chi connectivity index (χ4n) is 3.87. The van der Waals surface area contributed by atoms with Crippen molar-refractivity contribution in [1.29, 1.82) is 0 Å². The average Bonchev–Trinajstić information content (AvgIpc) is 3.33. The number of ether oxygens (including phenoxy) is 3. The predicted octanol–water partition coefficient (Wildman–Crippen LogP) is 4.44. The molecule has 0 spiro atoms. The summed E-state index contributed by atoms with van der Waals surface area (Å²) in [7, 11) is 4.65. The van der Waals surface area contributed by atoms with Gasteiger partial charge in [0.25, 0.3) is 5.91 Å². The van der Waals surface area contributed by atoms with E-state index in [1.165, 1.54) is 0 Å². The van der Waals surface area contributed by atoms with Crippen molar-refractivity contribution >= 4 is 17.5 Å². The lowest BCUT2D eigenvalue weighted by molar-refractivity contribution is 0.0695. The van der Waals surface area contributed by atoms with Gasteiger partial charge >= 0.3 is 0 Å². The molecule has 1 aliphatic rings. The van der Waals surface area contributed by atoms with Gasteiger partial charge in [0.1, 0.15) is 0 Å². The first kappa shape index (κ1) is 22.0. The Bertz CT molecular complexity index is 1070. The fourth-order valence-corrected chi connectivity index (χ4v) is 3.99. The summed E-state index contributed by atoms with van der Waals surface area (Å²) in [4.78, 5) is 19.3. The predicted molar refractivity (Wildman–Crippen MR) is 119 cm³/mol. The van der Waals surface area contributed by atoms with E-state index in [1.807, 2.05) is 4.90 Å². The van der Waals surface area contributed by atoms with Gasteiger partial charge in [0, 0.05) is 29.2 Å². The van der Waals surface area contributed by atoms with Crippen LogP contribution in [0, 0.1) is 0 Å². The van der Waals surface area contributed by atoms with Crippen LogP contribution in [0.3, 0.4) is 0 Å². The Hall–Kier alpha value is -3.26. The summed E-state index contributed by atoms with van der Waals surface area (Å²) in [6, 6.07) is 10.5. The van der Waals surface area contributed by atoms with Crippen molar-refractivity contribution in [2.45, 2.75) is 18.8 Å². The first-order valence-corrected chi connectivity index (χ1v) is 10.6. The van der Waals surface area contributed by atoms with Gasteiger partial charge in [0.2, 0.25) is 17.5 Å². The Morgan fingerprint density at radius 3 is 2.41 bits per heavy atom. The molecule has 1 amide bonds. The molecule has 1 atom stereocenters.